The van der Waals surface area contributed by atoms with E-state index in [0.717, 1.165) is 23.8 Å². The Bertz CT molecular complexity index is 609. The van der Waals surface area contributed by atoms with Gasteiger partial charge in [-0.2, -0.15) is 4.57 Å². The molecule has 0 spiro atoms. The van der Waals surface area contributed by atoms with Gasteiger partial charge in [-0.25, -0.2) is 4.79 Å². The highest BCUT2D eigenvalue weighted by Crippen LogP contribution is 2.58. The van der Waals surface area contributed by atoms with E-state index in [1.165, 1.54) is 31.0 Å². The highest BCUT2D eigenvalue weighted by Gasteiger charge is 2.54. The minimum atomic E-state index is -0.571. The monoisotopic (exact) mass is 278 g/mol. The predicted molar refractivity (Wildman–Crippen MR) is 70.3 cm³/mol. The zero-order chi connectivity index (χ0) is 14.1. The topological polar surface area (TPSA) is 83.0 Å². The van der Waals surface area contributed by atoms with Crippen LogP contribution >= 0.6 is 0 Å². The van der Waals surface area contributed by atoms with Crippen molar-refractivity contribution in [2.24, 2.45) is 24.8 Å². The number of rotatable bonds is 2. The molecule has 1 aromatic rings. The van der Waals surface area contributed by atoms with Gasteiger partial charge in [0.1, 0.15) is 0 Å². The Balaban J connectivity index is 1.83. The van der Waals surface area contributed by atoms with E-state index in [9.17, 15) is 14.9 Å². The van der Waals surface area contributed by atoms with Crippen molar-refractivity contribution in [1.82, 2.24) is 14.3 Å². The first kappa shape index (κ1) is 12.1. The molecule has 20 heavy (non-hydrogen) atoms. The molecule has 4 saturated carbocycles. The summed E-state index contributed by atoms with van der Waals surface area (Å²) in [5.41, 5.74) is -0.587. The van der Waals surface area contributed by atoms with Crippen LogP contribution in [-0.2, 0) is 12.6 Å². The molecule has 1 heterocycles. The highest BCUT2D eigenvalue weighted by molar-refractivity contribution is 5.09. The van der Waals surface area contributed by atoms with Crippen LogP contribution in [0.15, 0.2) is 4.79 Å². The van der Waals surface area contributed by atoms with Crippen molar-refractivity contribution in [1.29, 1.82) is 0 Å². The second kappa shape index (κ2) is 3.71. The van der Waals surface area contributed by atoms with Gasteiger partial charge in [0.05, 0.1) is 12.6 Å². The minimum Gasteiger partial charge on any atom is -0.390 e. The minimum absolute atomic E-state index is 0.252. The fourth-order valence-electron chi connectivity index (χ4n) is 5.22. The highest BCUT2D eigenvalue weighted by atomic mass is 16.6. The molecule has 7 nitrogen and oxygen atoms in total. The maximum Gasteiger partial charge on any atom is 0.459 e. The van der Waals surface area contributed by atoms with Crippen LogP contribution in [0, 0.1) is 27.9 Å². The van der Waals surface area contributed by atoms with Gasteiger partial charge in [-0.1, -0.05) is 0 Å². The van der Waals surface area contributed by atoms with Gasteiger partial charge in [0, 0.05) is 5.10 Å². The molecule has 4 bridgehead atoms. The number of hydrogen-bond donors (Lipinski definition) is 0. The molecular formula is C13H18N4O3. The molecule has 4 fully saturated rings. The zero-order valence-electron chi connectivity index (χ0n) is 11.5. The second-order valence-electron chi connectivity index (χ2n) is 6.95. The predicted octanol–water partition coefficient (Wildman–Crippen LogP) is 1.42. The lowest BCUT2D eigenvalue weighted by Crippen LogP contribution is -2.55. The van der Waals surface area contributed by atoms with E-state index in [0.29, 0.717) is 17.8 Å². The smallest absolute Gasteiger partial charge is 0.390 e. The Morgan fingerprint density at radius 2 is 1.70 bits per heavy atom. The largest absolute Gasteiger partial charge is 0.459 e. The molecule has 0 aliphatic heterocycles. The molecule has 5 rings (SSSR count). The van der Waals surface area contributed by atoms with Crippen LogP contribution in [0.1, 0.15) is 38.5 Å². The van der Waals surface area contributed by atoms with Gasteiger partial charge in [0.25, 0.3) is 0 Å². The Labute approximate surface area is 115 Å². The van der Waals surface area contributed by atoms with E-state index in [2.05, 4.69) is 5.10 Å². The van der Waals surface area contributed by atoms with Crippen LogP contribution in [-0.4, -0.2) is 19.3 Å². The summed E-state index contributed by atoms with van der Waals surface area (Å²) in [6.07, 6.45) is 6.70. The van der Waals surface area contributed by atoms with E-state index in [1.807, 2.05) is 0 Å². The molecule has 7 heteroatoms. The van der Waals surface area contributed by atoms with Crippen LogP contribution in [0.2, 0.25) is 0 Å². The maximum atomic E-state index is 12.4. The van der Waals surface area contributed by atoms with Crippen LogP contribution in [0.25, 0.3) is 0 Å². The Kier molecular flexibility index (Phi) is 2.24. The lowest BCUT2D eigenvalue weighted by atomic mass is 9.53. The first-order chi connectivity index (χ1) is 9.48. The Hall–Kier alpha value is -1.66. The van der Waals surface area contributed by atoms with Crippen LogP contribution in [0.3, 0.4) is 0 Å². The molecule has 1 aromatic heterocycles. The molecular weight excluding hydrogens is 260 g/mol. The van der Waals surface area contributed by atoms with Gasteiger partial charge in [0.2, 0.25) is 0 Å². The normalized spacial score (nSPS) is 38.4. The average molecular weight is 278 g/mol. The summed E-state index contributed by atoms with van der Waals surface area (Å²) < 4.78 is 2.52. The molecule has 0 N–H and O–H groups in total. The summed E-state index contributed by atoms with van der Waals surface area (Å²) >= 11 is 0. The van der Waals surface area contributed by atoms with Crippen molar-refractivity contribution < 1.29 is 4.92 Å². The summed E-state index contributed by atoms with van der Waals surface area (Å²) in [6, 6.07) is 0. The summed E-state index contributed by atoms with van der Waals surface area (Å²) in [6.45, 7) is 0. The van der Waals surface area contributed by atoms with Gasteiger partial charge in [-0.05, 0) is 61.2 Å². The van der Waals surface area contributed by atoms with E-state index < -0.39 is 4.92 Å². The lowest BCUT2D eigenvalue weighted by molar-refractivity contribution is -0.397. The third kappa shape index (κ3) is 1.46. The zero-order valence-corrected chi connectivity index (χ0v) is 11.5. The summed E-state index contributed by atoms with van der Waals surface area (Å²) in [5, 5.41) is 15.1. The number of nitro groups is 1. The summed E-state index contributed by atoms with van der Waals surface area (Å²) in [7, 11) is 1.43. The second-order valence-corrected chi connectivity index (χ2v) is 6.95. The molecule has 108 valence electrons. The van der Waals surface area contributed by atoms with Gasteiger partial charge >= 0.3 is 11.6 Å². The van der Waals surface area contributed by atoms with E-state index in [1.54, 1.807) is 0 Å². The van der Waals surface area contributed by atoms with Gasteiger partial charge in [-0.15, -0.1) is 4.68 Å². The fraction of sp³-hybridized carbons (Fsp3) is 0.846. The number of aromatic nitrogens is 3. The van der Waals surface area contributed by atoms with Gasteiger partial charge in [-0.3, -0.25) is 0 Å². The third-order valence-electron chi connectivity index (χ3n) is 5.58. The van der Waals surface area contributed by atoms with Crippen LogP contribution < -0.4 is 5.69 Å². The summed E-state index contributed by atoms with van der Waals surface area (Å²) in [4.78, 5) is 22.8. The van der Waals surface area contributed by atoms with Crippen molar-refractivity contribution in [2.75, 3.05) is 0 Å². The van der Waals surface area contributed by atoms with Crippen LogP contribution in [0.4, 0.5) is 5.95 Å². The molecule has 0 aromatic carbocycles. The lowest BCUT2D eigenvalue weighted by Gasteiger charge is -2.55. The number of hydrogen-bond acceptors (Lipinski definition) is 4. The molecule has 0 amide bonds. The van der Waals surface area contributed by atoms with Crippen LogP contribution in [0.5, 0.6) is 0 Å². The third-order valence-corrected chi connectivity index (χ3v) is 5.58. The number of nitrogens with zero attached hydrogens (tertiary/aromatic N) is 4. The van der Waals surface area contributed by atoms with Crippen molar-refractivity contribution in [3.8, 4) is 0 Å². The first-order valence-electron chi connectivity index (χ1n) is 7.29. The molecule has 0 atom stereocenters. The average Bonchev–Trinajstić information content (AvgIpc) is 2.65. The SMILES string of the molecule is Cn1c([N+](=O)[O-])nn(C23CC4CC(CC(C4)C2)C3)c1=O. The van der Waals surface area contributed by atoms with Gasteiger partial charge in [0.15, 0.2) is 0 Å². The standard InChI is InChI=1S/C13H18N4O3/c1-15-11(17(19)20)14-16(12(15)18)13-5-8-2-9(6-13)4-10(3-8)7-13/h8-10H,2-7H2,1H3. The quantitative estimate of drug-likeness (QED) is 0.605. The summed E-state index contributed by atoms with van der Waals surface area (Å²) in [5.74, 6) is 1.68. The fourth-order valence-corrected chi connectivity index (χ4v) is 5.22. The van der Waals surface area contributed by atoms with E-state index in [-0.39, 0.29) is 17.2 Å². The Morgan fingerprint density at radius 3 is 2.10 bits per heavy atom. The van der Waals surface area contributed by atoms with E-state index >= 15 is 0 Å². The maximum absolute atomic E-state index is 12.4. The van der Waals surface area contributed by atoms with E-state index in [4.69, 9.17) is 0 Å². The molecule has 0 saturated heterocycles. The van der Waals surface area contributed by atoms with Crippen molar-refractivity contribution in [2.45, 2.75) is 44.1 Å². The van der Waals surface area contributed by atoms with Gasteiger partial charge < -0.3 is 10.1 Å². The van der Waals surface area contributed by atoms with Crippen molar-refractivity contribution in [3.05, 3.63) is 20.6 Å². The molecule has 0 radical (unpaired) electrons. The first-order valence-corrected chi connectivity index (χ1v) is 7.29. The molecule has 0 unspecified atom stereocenters. The van der Waals surface area contributed by atoms with Crippen molar-refractivity contribution >= 4 is 5.95 Å². The Morgan fingerprint density at radius 1 is 1.20 bits per heavy atom. The molecule has 4 aliphatic carbocycles. The van der Waals surface area contributed by atoms with Crippen molar-refractivity contribution in [3.63, 3.8) is 0 Å². The molecule has 4 aliphatic rings.